The van der Waals surface area contributed by atoms with Crippen LogP contribution in [0.15, 0.2) is 12.0 Å². The van der Waals surface area contributed by atoms with E-state index in [4.69, 9.17) is 41.9 Å². The zero-order chi connectivity index (χ0) is 28.2. The van der Waals surface area contributed by atoms with Crippen molar-refractivity contribution >= 4 is 5.91 Å². The first-order chi connectivity index (χ1) is 17.9. The Hall–Kier alpha value is -1.63. The normalized spacial score (nSPS) is 42.5. The molecule has 4 unspecified atom stereocenters. The van der Waals surface area contributed by atoms with E-state index >= 15 is 0 Å². The van der Waals surface area contributed by atoms with Crippen LogP contribution in [0.1, 0.15) is 32.6 Å². The van der Waals surface area contributed by atoms with Crippen molar-refractivity contribution in [2.24, 2.45) is 22.9 Å². The van der Waals surface area contributed by atoms with E-state index in [0.29, 0.717) is 12.8 Å². The molecule has 14 N–H and O–H groups in total. The minimum Gasteiger partial charge on any atom is -0.461 e. The molecule has 15 nitrogen and oxygen atoms in total. The fraction of sp³-hybridized carbons (Fsp3) is 0.870. The monoisotopic (exact) mass is 549 g/mol. The Morgan fingerprint density at radius 3 is 2.61 bits per heavy atom. The van der Waals surface area contributed by atoms with Crippen LogP contribution in [0.4, 0.5) is 0 Å². The van der Waals surface area contributed by atoms with Crippen LogP contribution < -0.4 is 28.3 Å². The van der Waals surface area contributed by atoms with Crippen molar-refractivity contribution in [3.8, 4) is 0 Å². The summed E-state index contributed by atoms with van der Waals surface area (Å²) in [5.74, 6) is -0.613. The molecule has 38 heavy (non-hydrogen) atoms. The van der Waals surface area contributed by atoms with Crippen LogP contribution in [0.5, 0.6) is 0 Å². The molecule has 2 heterocycles. The molecule has 0 spiro atoms. The molecule has 1 saturated heterocycles. The van der Waals surface area contributed by atoms with Gasteiger partial charge in [-0.05, 0) is 45.2 Å². The molecular formula is C23H43N5O10. The highest BCUT2D eigenvalue weighted by atomic mass is 16.7. The number of nitrogens with two attached hydrogens (primary N) is 4. The van der Waals surface area contributed by atoms with Crippen molar-refractivity contribution < 1.29 is 49.3 Å². The van der Waals surface area contributed by atoms with Crippen LogP contribution in [0.3, 0.4) is 0 Å². The summed E-state index contributed by atoms with van der Waals surface area (Å²) < 4.78 is 23.3. The maximum absolute atomic E-state index is 12.6. The first-order valence-corrected chi connectivity index (χ1v) is 12.9. The number of carbonyl (C=O) groups is 1. The largest absolute Gasteiger partial charge is 0.461 e. The summed E-state index contributed by atoms with van der Waals surface area (Å²) in [4.78, 5) is 12.6. The molecule has 0 radical (unpaired) electrons. The average molecular weight is 550 g/mol. The van der Waals surface area contributed by atoms with E-state index in [2.05, 4.69) is 5.32 Å². The number of amides is 1. The van der Waals surface area contributed by atoms with Gasteiger partial charge in [0, 0.05) is 12.6 Å². The maximum atomic E-state index is 12.6. The molecule has 0 aromatic rings. The molecule has 3 aliphatic rings. The fourth-order valence-corrected chi connectivity index (χ4v) is 5.08. The van der Waals surface area contributed by atoms with Crippen LogP contribution >= 0.6 is 0 Å². The molecule has 220 valence electrons. The van der Waals surface area contributed by atoms with Gasteiger partial charge in [-0.15, -0.1) is 0 Å². The average Bonchev–Trinajstić information content (AvgIpc) is 2.88. The van der Waals surface area contributed by atoms with Crippen molar-refractivity contribution in [1.82, 2.24) is 5.32 Å². The van der Waals surface area contributed by atoms with Gasteiger partial charge in [0.15, 0.2) is 6.29 Å². The third-order valence-electron chi connectivity index (χ3n) is 7.31. The summed E-state index contributed by atoms with van der Waals surface area (Å²) in [6.07, 6.45) is -6.62. The second-order valence-electron chi connectivity index (χ2n) is 10.3. The molecular weight excluding hydrogens is 506 g/mol. The van der Waals surface area contributed by atoms with Crippen molar-refractivity contribution in [3.63, 3.8) is 0 Å². The molecule has 1 amide bonds. The van der Waals surface area contributed by atoms with Gasteiger partial charge in [0.2, 0.25) is 5.91 Å². The minimum atomic E-state index is -1.92. The fourth-order valence-electron chi connectivity index (χ4n) is 5.08. The highest BCUT2D eigenvalue weighted by molar-refractivity contribution is 5.80. The summed E-state index contributed by atoms with van der Waals surface area (Å²) in [5, 5.41) is 54.9. The predicted molar refractivity (Wildman–Crippen MR) is 132 cm³/mol. The van der Waals surface area contributed by atoms with Crippen LogP contribution in [0, 0.1) is 0 Å². The van der Waals surface area contributed by atoms with E-state index < -0.39 is 79.2 Å². The van der Waals surface area contributed by atoms with Gasteiger partial charge in [0.25, 0.3) is 5.95 Å². The standard InChI is InChI=1S/C23H43N5O10/c1-23(34)19(37-15-4-2-3-10(8-25)35-15)11(26)7-12(28-21(33)13(30)5-6-24)20(23)38-22-18(32)16(27)17(31)14(9-29)36-22/h4,10-14,16-20,22,29-32,34H,2-3,5-9,24-27H2,1H3,(H,28,33)/t10-,11-,12+,13-,14?,16-,17+,18?,19?,20-,22+,23?/m0/s1. The van der Waals surface area contributed by atoms with Gasteiger partial charge in [-0.3, -0.25) is 4.79 Å². The smallest absolute Gasteiger partial charge is 0.275 e. The summed E-state index contributed by atoms with van der Waals surface area (Å²) >= 11 is 0. The van der Waals surface area contributed by atoms with E-state index in [0.717, 1.165) is 0 Å². The number of hydrogen-bond donors (Lipinski definition) is 10. The van der Waals surface area contributed by atoms with Gasteiger partial charge in [-0.2, -0.15) is 0 Å². The second kappa shape index (κ2) is 13.1. The molecule has 2 aliphatic heterocycles. The zero-order valence-corrected chi connectivity index (χ0v) is 21.5. The highest BCUT2D eigenvalue weighted by Crippen LogP contribution is 2.37. The Balaban J connectivity index is 1.88. The van der Waals surface area contributed by atoms with Crippen LogP contribution in [0.25, 0.3) is 0 Å². The van der Waals surface area contributed by atoms with Crippen LogP contribution in [-0.2, 0) is 23.7 Å². The van der Waals surface area contributed by atoms with Crippen LogP contribution in [-0.4, -0.2) is 124 Å². The number of carbonyl (C=O) groups excluding carboxylic acids is 1. The van der Waals surface area contributed by atoms with Crippen molar-refractivity contribution in [2.75, 3.05) is 19.7 Å². The summed E-state index contributed by atoms with van der Waals surface area (Å²) in [6.45, 7) is 1.11. The number of aliphatic hydroxyl groups is 5. The molecule has 1 saturated carbocycles. The Labute approximate surface area is 221 Å². The van der Waals surface area contributed by atoms with Gasteiger partial charge in [0.05, 0.1) is 18.7 Å². The van der Waals surface area contributed by atoms with Crippen molar-refractivity contribution in [3.05, 3.63) is 12.0 Å². The minimum absolute atomic E-state index is 0.00142. The van der Waals surface area contributed by atoms with E-state index in [9.17, 15) is 30.3 Å². The molecule has 0 aromatic heterocycles. The number of allylic oxidation sites excluding steroid dienone is 1. The molecule has 2 fully saturated rings. The molecule has 0 aromatic carbocycles. The second-order valence-corrected chi connectivity index (χ2v) is 10.3. The first-order valence-electron chi connectivity index (χ1n) is 12.9. The number of ether oxygens (including phenoxy) is 4. The van der Waals surface area contributed by atoms with Crippen molar-refractivity contribution in [1.29, 1.82) is 0 Å². The number of hydrogen-bond acceptors (Lipinski definition) is 14. The first kappa shape index (κ1) is 30.9. The third kappa shape index (κ3) is 6.74. The Kier molecular flexibility index (Phi) is 10.7. The highest BCUT2D eigenvalue weighted by Gasteiger charge is 2.56. The lowest BCUT2D eigenvalue weighted by molar-refractivity contribution is -0.319. The molecule has 3 rings (SSSR count). The lowest BCUT2D eigenvalue weighted by Gasteiger charge is -2.51. The summed E-state index contributed by atoms with van der Waals surface area (Å²) in [6, 6.07) is -3.05. The van der Waals surface area contributed by atoms with Gasteiger partial charge in [-0.25, -0.2) is 0 Å². The van der Waals surface area contributed by atoms with Gasteiger partial charge in [-0.1, -0.05) is 0 Å². The van der Waals surface area contributed by atoms with Crippen LogP contribution in [0.2, 0.25) is 0 Å². The lowest BCUT2D eigenvalue weighted by Crippen LogP contribution is -2.72. The SMILES string of the molecule is CC1(O)C(OC2=CCC[C@@H](CN)O2)[C@@H](N)C[C@@H](NC(=O)[C@@H](O)CCN)[C@@H]1O[C@H]1OC(CO)[C@@H](O)[C@H](N)C1O. The van der Waals surface area contributed by atoms with Gasteiger partial charge >= 0.3 is 0 Å². The van der Waals surface area contributed by atoms with E-state index in [-0.39, 0.29) is 38.0 Å². The Morgan fingerprint density at radius 2 is 1.97 bits per heavy atom. The number of aliphatic hydroxyl groups excluding tert-OH is 4. The number of nitrogens with one attached hydrogen (secondary N) is 1. The molecule has 1 aliphatic carbocycles. The zero-order valence-electron chi connectivity index (χ0n) is 21.5. The quantitative estimate of drug-likeness (QED) is 0.122. The summed E-state index contributed by atoms with van der Waals surface area (Å²) in [5.41, 5.74) is 21.5. The molecule has 0 bridgehead atoms. The van der Waals surface area contributed by atoms with Gasteiger partial charge < -0.3 is 72.7 Å². The predicted octanol–water partition coefficient (Wildman–Crippen LogP) is -4.82. The van der Waals surface area contributed by atoms with E-state index in [1.165, 1.54) is 6.92 Å². The topological polar surface area (TPSA) is 271 Å². The maximum Gasteiger partial charge on any atom is 0.275 e. The van der Waals surface area contributed by atoms with E-state index in [1.807, 2.05) is 0 Å². The van der Waals surface area contributed by atoms with E-state index in [1.54, 1.807) is 6.08 Å². The molecule has 12 atom stereocenters. The summed E-state index contributed by atoms with van der Waals surface area (Å²) in [7, 11) is 0. The third-order valence-corrected chi connectivity index (χ3v) is 7.31. The number of rotatable bonds is 10. The van der Waals surface area contributed by atoms with Crippen molar-refractivity contribution in [2.45, 2.75) is 105 Å². The lowest BCUT2D eigenvalue weighted by atomic mass is 9.75. The Morgan fingerprint density at radius 1 is 1.26 bits per heavy atom. The molecule has 15 heteroatoms. The van der Waals surface area contributed by atoms with Gasteiger partial charge in [0.1, 0.15) is 48.3 Å². The Bertz CT molecular complexity index is 817.